The number of rotatable bonds is 1. The molecule has 0 saturated carbocycles. The zero-order valence-corrected chi connectivity index (χ0v) is 11.1. The number of nitrogens with zero attached hydrogens (tertiary/aromatic N) is 2. The normalized spacial score (nSPS) is 8.29. The smallest absolute Gasteiger partial charge is 0.254 e. The molecular formula is C13H20N2O2. The first kappa shape index (κ1) is 15.2. The Bertz CT molecular complexity index is 385. The molecule has 0 radical (unpaired) electrons. The maximum atomic E-state index is 4.73. The molecule has 0 aliphatic carbocycles. The number of methoxy groups -OCH3 is 1. The molecule has 0 N–H and O–H groups in total. The van der Waals surface area contributed by atoms with Crippen molar-refractivity contribution in [3.05, 3.63) is 41.9 Å². The zero-order valence-electron chi connectivity index (χ0n) is 11.1. The van der Waals surface area contributed by atoms with Crippen LogP contribution in [0.5, 0.6) is 5.88 Å². The Labute approximate surface area is 103 Å². The van der Waals surface area contributed by atoms with Crippen molar-refractivity contribution in [1.29, 1.82) is 0 Å². The molecule has 0 atom stereocenters. The minimum absolute atomic E-state index is 0.530. The fourth-order valence-electron chi connectivity index (χ4n) is 0.888. The Hall–Kier alpha value is -1.84. The van der Waals surface area contributed by atoms with Crippen LogP contribution in [0.4, 0.5) is 0 Å². The number of ether oxygens (including phenoxy) is 1. The van der Waals surface area contributed by atoms with E-state index >= 15 is 0 Å². The van der Waals surface area contributed by atoms with Gasteiger partial charge in [-0.3, -0.25) is 4.98 Å². The largest absolute Gasteiger partial charge is 0.479 e. The average Bonchev–Trinajstić information content (AvgIpc) is 2.79. The average molecular weight is 236 g/mol. The lowest BCUT2D eigenvalue weighted by molar-refractivity contribution is 0.331. The summed E-state index contributed by atoms with van der Waals surface area (Å²) in [4.78, 5) is 3.88. The van der Waals surface area contributed by atoms with E-state index in [2.05, 4.69) is 14.7 Å². The zero-order chi connectivity index (χ0) is 13.1. The topological polar surface area (TPSA) is 48.2 Å². The van der Waals surface area contributed by atoms with Crippen molar-refractivity contribution in [1.82, 2.24) is 10.1 Å². The van der Waals surface area contributed by atoms with E-state index in [0.29, 0.717) is 5.88 Å². The van der Waals surface area contributed by atoms with Crippen LogP contribution in [-0.4, -0.2) is 17.3 Å². The molecule has 0 aromatic carbocycles. The number of pyridine rings is 1. The van der Waals surface area contributed by atoms with Gasteiger partial charge in [-0.05, 0) is 30.6 Å². The van der Waals surface area contributed by atoms with E-state index in [0.717, 1.165) is 5.76 Å². The van der Waals surface area contributed by atoms with Gasteiger partial charge in [0.1, 0.15) is 5.76 Å². The van der Waals surface area contributed by atoms with Crippen LogP contribution < -0.4 is 4.74 Å². The molecule has 4 nitrogen and oxygen atoms in total. The van der Waals surface area contributed by atoms with Crippen molar-refractivity contribution in [2.45, 2.75) is 27.7 Å². The Morgan fingerprint density at radius 1 is 1.24 bits per heavy atom. The fraction of sp³-hybridized carbons (Fsp3) is 0.385. The van der Waals surface area contributed by atoms with Crippen molar-refractivity contribution in [3.63, 3.8) is 0 Å². The molecule has 0 amide bonds. The lowest BCUT2D eigenvalue weighted by Gasteiger charge is -1.83. The van der Waals surface area contributed by atoms with E-state index in [1.165, 1.54) is 5.56 Å². The molecule has 2 rings (SSSR count). The highest BCUT2D eigenvalue weighted by Gasteiger charge is 1.94. The number of aryl methyl sites for hydroxylation is 2. The van der Waals surface area contributed by atoms with Crippen LogP contribution in [0, 0.1) is 13.8 Å². The number of hydrogen-bond donors (Lipinski definition) is 0. The van der Waals surface area contributed by atoms with Crippen LogP contribution in [0.2, 0.25) is 0 Å². The molecule has 0 unspecified atom stereocenters. The summed E-state index contributed by atoms with van der Waals surface area (Å²) >= 11 is 0. The molecule has 0 fully saturated rings. The second-order valence-corrected chi connectivity index (χ2v) is 3.01. The summed E-state index contributed by atoms with van der Waals surface area (Å²) in [6, 6.07) is 5.67. The van der Waals surface area contributed by atoms with Crippen molar-refractivity contribution < 1.29 is 9.26 Å². The van der Waals surface area contributed by atoms with Crippen molar-refractivity contribution in [2.75, 3.05) is 7.11 Å². The van der Waals surface area contributed by atoms with Crippen molar-refractivity contribution >= 4 is 0 Å². The third-order valence-electron chi connectivity index (χ3n) is 1.62. The van der Waals surface area contributed by atoms with Gasteiger partial charge in [0.05, 0.1) is 7.11 Å². The van der Waals surface area contributed by atoms with E-state index in [1.54, 1.807) is 19.4 Å². The second kappa shape index (κ2) is 9.39. The Balaban J connectivity index is 0.000000265. The Morgan fingerprint density at radius 2 is 1.94 bits per heavy atom. The summed E-state index contributed by atoms with van der Waals surface area (Å²) in [5, 5.41) is 3.54. The molecule has 2 aromatic heterocycles. The molecule has 0 spiro atoms. The fourth-order valence-corrected chi connectivity index (χ4v) is 0.888. The Morgan fingerprint density at radius 3 is 2.18 bits per heavy atom. The molecule has 17 heavy (non-hydrogen) atoms. The summed E-state index contributed by atoms with van der Waals surface area (Å²) in [5.41, 5.74) is 1.21. The minimum atomic E-state index is 0.530. The van der Waals surface area contributed by atoms with Gasteiger partial charge in [-0.15, -0.1) is 0 Å². The van der Waals surface area contributed by atoms with E-state index in [4.69, 9.17) is 4.74 Å². The highest BCUT2D eigenvalue weighted by Crippen LogP contribution is 2.07. The SMILES string of the molecule is CC.COc1cc(C)on1.Cc1cccnc1. The molecular weight excluding hydrogens is 216 g/mol. The van der Waals surface area contributed by atoms with E-state index in [-0.39, 0.29) is 0 Å². The van der Waals surface area contributed by atoms with Gasteiger partial charge in [-0.2, -0.15) is 0 Å². The Kier molecular flexibility index (Phi) is 8.37. The minimum Gasteiger partial charge on any atom is -0.479 e. The van der Waals surface area contributed by atoms with Gasteiger partial charge in [-0.1, -0.05) is 19.9 Å². The van der Waals surface area contributed by atoms with Gasteiger partial charge in [0, 0.05) is 18.5 Å². The number of hydrogen-bond acceptors (Lipinski definition) is 4. The summed E-state index contributed by atoms with van der Waals surface area (Å²) in [6.07, 6.45) is 3.60. The van der Waals surface area contributed by atoms with Gasteiger partial charge in [0.15, 0.2) is 0 Å². The maximum absolute atomic E-state index is 4.73. The third-order valence-corrected chi connectivity index (χ3v) is 1.62. The molecule has 0 saturated heterocycles. The first-order valence-corrected chi connectivity index (χ1v) is 5.56. The van der Waals surface area contributed by atoms with Gasteiger partial charge >= 0.3 is 0 Å². The predicted molar refractivity (Wildman–Crippen MR) is 68.1 cm³/mol. The predicted octanol–water partition coefficient (Wildman–Crippen LogP) is 3.41. The highest BCUT2D eigenvalue weighted by atomic mass is 16.5. The number of aromatic nitrogens is 2. The molecule has 94 valence electrons. The first-order valence-electron chi connectivity index (χ1n) is 5.56. The van der Waals surface area contributed by atoms with Gasteiger partial charge < -0.3 is 9.26 Å². The quantitative estimate of drug-likeness (QED) is 0.761. The third kappa shape index (κ3) is 7.11. The molecule has 0 aliphatic rings. The molecule has 2 heterocycles. The van der Waals surface area contributed by atoms with Gasteiger partial charge in [0.25, 0.3) is 5.88 Å². The van der Waals surface area contributed by atoms with Gasteiger partial charge in [0.2, 0.25) is 0 Å². The summed E-state index contributed by atoms with van der Waals surface area (Å²) < 4.78 is 9.41. The maximum Gasteiger partial charge on any atom is 0.254 e. The van der Waals surface area contributed by atoms with Crippen molar-refractivity contribution in [2.24, 2.45) is 0 Å². The van der Waals surface area contributed by atoms with Crippen LogP contribution in [0.15, 0.2) is 35.1 Å². The summed E-state index contributed by atoms with van der Waals surface area (Å²) in [5.74, 6) is 1.30. The lowest BCUT2D eigenvalue weighted by atomic mass is 10.3. The van der Waals surface area contributed by atoms with Crippen LogP contribution >= 0.6 is 0 Å². The van der Waals surface area contributed by atoms with E-state index < -0.39 is 0 Å². The standard InChI is InChI=1S/C6H7N.C5H7NO2.C2H6/c1-6-3-2-4-7-5-6;1-4-3-5(7-2)6-8-4;1-2/h2-5H,1H3;3H,1-2H3;1-2H3. The highest BCUT2D eigenvalue weighted by molar-refractivity contribution is 5.08. The van der Waals surface area contributed by atoms with E-state index in [1.807, 2.05) is 46.0 Å². The molecule has 0 bridgehead atoms. The van der Waals surface area contributed by atoms with Gasteiger partial charge in [-0.25, -0.2) is 0 Å². The van der Waals surface area contributed by atoms with E-state index in [9.17, 15) is 0 Å². The van der Waals surface area contributed by atoms with Crippen LogP contribution in [0.3, 0.4) is 0 Å². The van der Waals surface area contributed by atoms with Crippen LogP contribution in [0.1, 0.15) is 25.2 Å². The molecule has 2 aromatic rings. The molecule has 4 heteroatoms. The van der Waals surface area contributed by atoms with Crippen LogP contribution in [-0.2, 0) is 0 Å². The van der Waals surface area contributed by atoms with Crippen LogP contribution in [0.25, 0.3) is 0 Å². The monoisotopic (exact) mass is 236 g/mol. The van der Waals surface area contributed by atoms with Crippen molar-refractivity contribution in [3.8, 4) is 5.88 Å². The molecule has 0 aliphatic heterocycles. The first-order chi connectivity index (χ1) is 8.22. The summed E-state index contributed by atoms with van der Waals surface area (Å²) in [6.45, 7) is 7.84. The second-order valence-electron chi connectivity index (χ2n) is 3.01. The lowest BCUT2D eigenvalue weighted by Crippen LogP contribution is -1.78. The summed E-state index contributed by atoms with van der Waals surface area (Å²) in [7, 11) is 1.55.